The SMILES string of the molecule is CN(C1CCOCC1)S(=O)(=O)c1c[nH]ccc1=O. The number of hydrogen-bond donors (Lipinski definition) is 1. The van der Waals surface area contributed by atoms with Gasteiger partial charge >= 0.3 is 0 Å². The summed E-state index contributed by atoms with van der Waals surface area (Å²) in [6.45, 7) is 1.10. The normalized spacial score (nSPS) is 18.1. The highest BCUT2D eigenvalue weighted by molar-refractivity contribution is 7.89. The molecule has 1 aliphatic heterocycles. The van der Waals surface area contributed by atoms with Gasteiger partial charge < -0.3 is 9.72 Å². The first-order chi connectivity index (χ1) is 8.53. The zero-order valence-electron chi connectivity index (χ0n) is 10.1. The second-order valence-electron chi connectivity index (χ2n) is 4.24. The van der Waals surface area contributed by atoms with Crippen LogP contribution < -0.4 is 5.43 Å². The molecular formula is C11H16N2O4S. The van der Waals surface area contributed by atoms with Gasteiger partial charge in [-0.3, -0.25) is 4.79 Å². The van der Waals surface area contributed by atoms with Gasteiger partial charge in [-0.2, -0.15) is 4.31 Å². The van der Waals surface area contributed by atoms with Crippen molar-refractivity contribution in [3.8, 4) is 0 Å². The topological polar surface area (TPSA) is 79.5 Å². The quantitative estimate of drug-likeness (QED) is 0.851. The molecule has 0 atom stereocenters. The van der Waals surface area contributed by atoms with E-state index in [9.17, 15) is 13.2 Å². The van der Waals surface area contributed by atoms with E-state index < -0.39 is 15.5 Å². The molecular weight excluding hydrogens is 256 g/mol. The summed E-state index contributed by atoms with van der Waals surface area (Å²) in [5, 5.41) is 0. The lowest BCUT2D eigenvalue weighted by Crippen LogP contribution is -2.41. The van der Waals surface area contributed by atoms with Crippen LogP contribution in [0.1, 0.15) is 12.8 Å². The Morgan fingerprint density at radius 2 is 2.06 bits per heavy atom. The molecule has 1 aromatic heterocycles. The van der Waals surface area contributed by atoms with E-state index in [1.165, 1.54) is 29.8 Å². The summed E-state index contributed by atoms with van der Waals surface area (Å²) in [5.41, 5.74) is -0.493. The highest BCUT2D eigenvalue weighted by Crippen LogP contribution is 2.19. The number of rotatable bonds is 3. The Bertz CT molecular complexity index is 560. The van der Waals surface area contributed by atoms with Crippen molar-refractivity contribution in [2.75, 3.05) is 20.3 Å². The van der Waals surface area contributed by atoms with Crippen LogP contribution in [-0.2, 0) is 14.8 Å². The van der Waals surface area contributed by atoms with Crippen molar-refractivity contribution < 1.29 is 13.2 Å². The van der Waals surface area contributed by atoms with Crippen molar-refractivity contribution in [3.05, 3.63) is 28.7 Å². The summed E-state index contributed by atoms with van der Waals surface area (Å²) in [7, 11) is -2.22. The largest absolute Gasteiger partial charge is 0.381 e. The third-order valence-electron chi connectivity index (χ3n) is 3.15. The molecule has 1 aromatic rings. The number of sulfonamides is 1. The van der Waals surface area contributed by atoms with E-state index >= 15 is 0 Å². The summed E-state index contributed by atoms with van der Waals surface area (Å²) in [6, 6.07) is 1.10. The van der Waals surface area contributed by atoms with E-state index in [2.05, 4.69) is 4.98 Å². The first-order valence-electron chi connectivity index (χ1n) is 5.76. The maximum Gasteiger partial charge on any atom is 0.248 e. The molecule has 100 valence electrons. The number of ether oxygens (including phenoxy) is 1. The second kappa shape index (κ2) is 5.21. The number of pyridine rings is 1. The molecule has 2 rings (SSSR count). The second-order valence-corrected chi connectivity index (χ2v) is 6.20. The lowest BCUT2D eigenvalue weighted by molar-refractivity contribution is 0.0632. The lowest BCUT2D eigenvalue weighted by atomic mass is 10.1. The van der Waals surface area contributed by atoms with Gasteiger partial charge in [-0.1, -0.05) is 0 Å². The fourth-order valence-electron chi connectivity index (χ4n) is 2.00. The number of nitrogens with zero attached hydrogens (tertiary/aromatic N) is 1. The molecule has 1 aliphatic rings. The Morgan fingerprint density at radius 3 is 2.67 bits per heavy atom. The predicted octanol–water partition coefficient (Wildman–Crippen LogP) is 0.174. The van der Waals surface area contributed by atoms with E-state index in [4.69, 9.17) is 4.74 Å². The molecule has 0 amide bonds. The Kier molecular flexibility index (Phi) is 3.84. The van der Waals surface area contributed by atoms with Crippen molar-refractivity contribution in [1.29, 1.82) is 0 Å². The fraction of sp³-hybridized carbons (Fsp3) is 0.545. The van der Waals surface area contributed by atoms with Crippen LogP contribution in [0.25, 0.3) is 0 Å². The maximum absolute atomic E-state index is 12.3. The minimum absolute atomic E-state index is 0.108. The molecule has 2 heterocycles. The highest BCUT2D eigenvalue weighted by atomic mass is 32.2. The molecule has 6 nitrogen and oxygen atoms in total. The summed E-state index contributed by atoms with van der Waals surface area (Å²) < 4.78 is 31.1. The van der Waals surface area contributed by atoms with Gasteiger partial charge in [0, 0.05) is 44.8 Å². The molecule has 0 saturated carbocycles. The number of nitrogens with one attached hydrogen (secondary N) is 1. The molecule has 18 heavy (non-hydrogen) atoms. The van der Waals surface area contributed by atoms with Crippen LogP contribution in [0.4, 0.5) is 0 Å². The molecule has 0 radical (unpaired) electrons. The Labute approximate surface area is 106 Å². The maximum atomic E-state index is 12.3. The minimum atomic E-state index is -3.74. The lowest BCUT2D eigenvalue weighted by Gasteiger charge is -2.30. The Hall–Kier alpha value is -1.18. The summed E-state index contributed by atoms with van der Waals surface area (Å²) in [4.78, 5) is 14.0. The van der Waals surface area contributed by atoms with Gasteiger partial charge in [-0.05, 0) is 12.8 Å². The van der Waals surface area contributed by atoms with Crippen LogP contribution in [0.5, 0.6) is 0 Å². The van der Waals surface area contributed by atoms with Gasteiger partial charge in [-0.15, -0.1) is 0 Å². The number of hydrogen-bond acceptors (Lipinski definition) is 4. The van der Waals surface area contributed by atoms with E-state index in [1.807, 2.05) is 0 Å². The monoisotopic (exact) mass is 272 g/mol. The van der Waals surface area contributed by atoms with E-state index in [-0.39, 0.29) is 10.9 Å². The molecule has 7 heteroatoms. The zero-order chi connectivity index (χ0) is 13.2. The smallest absolute Gasteiger partial charge is 0.248 e. The molecule has 1 fully saturated rings. The summed E-state index contributed by atoms with van der Waals surface area (Å²) in [6.07, 6.45) is 3.95. The van der Waals surface area contributed by atoms with Gasteiger partial charge in [0.05, 0.1) is 0 Å². The first-order valence-corrected chi connectivity index (χ1v) is 7.20. The van der Waals surface area contributed by atoms with Gasteiger partial charge in [0.25, 0.3) is 0 Å². The van der Waals surface area contributed by atoms with Crippen molar-refractivity contribution in [2.24, 2.45) is 0 Å². The number of aromatic amines is 1. The molecule has 0 spiro atoms. The standard InChI is InChI=1S/C11H16N2O4S/c1-13(9-3-6-17-7-4-9)18(15,16)11-8-12-5-2-10(11)14/h2,5,8-9H,3-4,6-7H2,1H3,(H,12,14). The van der Waals surface area contributed by atoms with Crippen LogP contribution in [0.2, 0.25) is 0 Å². The number of aromatic nitrogens is 1. The molecule has 0 aliphatic carbocycles. The zero-order valence-corrected chi connectivity index (χ0v) is 10.9. The van der Waals surface area contributed by atoms with E-state index in [0.717, 1.165) is 0 Å². The summed E-state index contributed by atoms with van der Waals surface area (Å²) in [5.74, 6) is 0. The molecule has 1 N–H and O–H groups in total. The van der Waals surface area contributed by atoms with Crippen LogP contribution in [0, 0.1) is 0 Å². The van der Waals surface area contributed by atoms with Crippen LogP contribution in [0.3, 0.4) is 0 Å². The average molecular weight is 272 g/mol. The predicted molar refractivity (Wildman–Crippen MR) is 65.9 cm³/mol. The van der Waals surface area contributed by atoms with Gasteiger partial charge in [0.15, 0.2) is 0 Å². The number of H-pyrrole nitrogens is 1. The Morgan fingerprint density at radius 1 is 1.39 bits per heavy atom. The van der Waals surface area contributed by atoms with E-state index in [1.54, 1.807) is 0 Å². The van der Waals surface area contributed by atoms with Crippen LogP contribution in [0.15, 0.2) is 28.2 Å². The molecule has 0 aromatic carbocycles. The highest BCUT2D eigenvalue weighted by Gasteiger charge is 2.30. The van der Waals surface area contributed by atoms with Crippen LogP contribution >= 0.6 is 0 Å². The molecule has 1 saturated heterocycles. The Balaban J connectivity index is 2.31. The van der Waals surface area contributed by atoms with Gasteiger partial charge in [0.1, 0.15) is 4.90 Å². The average Bonchev–Trinajstić information content (AvgIpc) is 2.39. The third-order valence-corrected chi connectivity index (χ3v) is 5.08. The van der Waals surface area contributed by atoms with E-state index in [0.29, 0.717) is 26.1 Å². The summed E-state index contributed by atoms with van der Waals surface area (Å²) >= 11 is 0. The molecule has 0 unspecified atom stereocenters. The fourth-order valence-corrected chi connectivity index (χ4v) is 3.46. The molecule has 0 bridgehead atoms. The van der Waals surface area contributed by atoms with Crippen LogP contribution in [-0.4, -0.2) is 44.0 Å². The minimum Gasteiger partial charge on any atom is -0.381 e. The third kappa shape index (κ3) is 2.47. The van der Waals surface area contributed by atoms with Crippen molar-refractivity contribution >= 4 is 10.0 Å². The van der Waals surface area contributed by atoms with Crippen molar-refractivity contribution in [2.45, 2.75) is 23.8 Å². The van der Waals surface area contributed by atoms with Gasteiger partial charge in [0.2, 0.25) is 15.5 Å². The van der Waals surface area contributed by atoms with Crippen molar-refractivity contribution in [3.63, 3.8) is 0 Å². The van der Waals surface area contributed by atoms with Crippen molar-refractivity contribution in [1.82, 2.24) is 9.29 Å². The van der Waals surface area contributed by atoms with Gasteiger partial charge in [-0.25, -0.2) is 8.42 Å². The first kappa shape index (κ1) is 13.3.